The molecule has 1 aromatic rings. The molecular formula is C8H5F4NO2. The summed E-state index contributed by atoms with van der Waals surface area (Å²) >= 11 is 0. The molecule has 0 aliphatic carbocycles. The molecule has 0 heterocycles. The first kappa shape index (κ1) is 11.3. The van der Waals surface area contributed by atoms with Gasteiger partial charge in [-0.05, 0) is 0 Å². The van der Waals surface area contributed by atoms with Crippen molar-refractivity contribution in [2.45, 2.75) is 0 Å². The molecule has 0 aromatic heterocycles. The summed E-state index contributed by atoms with van der Waals surface area (Å²) in [5.41, 5.74) is 3.08. The Bertz CT molecular complexity index is 404. The minimum atomic E-state index is -1.88. The van der Waals surface area contributed by atoms with Crippen LogP contribution < -0.4 is 10.5 Å². The summed E-state index contributed by atoms with van der Waals surface area (Å²) in [5.74, 6) is -10.2. The maximum Gasteiger partial charge on any atom is 0.254 e. The Kier molecular flexibility index (Phi) is 2.83. The molecule has 0 aliphatic heterocycles. The van der Waals surface area contributed by atoms with E-state index in [9.17, 15) is 22.4 Å². The van der Waals surface area contributed by atoms with Gasteiger partial charge >= 0.3 is 0 Å². The molecule has 1 rings (SSSR count). The molecule has 1 aromatic carbocycles. The van der Waals surface area contributed by atoms with Gasteiger partial charge in [0, 0.05) is 0 Å². The molecule has 0 fully saturated rings. The van der Waals surface area contributed by atoms with E-state index >= 15 is 0 Å². The van der Waals surface area contributed by atoms with Crippen LogP contribution in [-0.2, 0) is 0 Å². The van der Waals surface area contributed by atoms with Gasteiger partial charge in [-0.2, -0.15) is 8.78 Å². The van der Waals surface area contributed by atoms with Crippen LogP contribution in [0.1, 0.15) is 10.4 Å². The molecule has 0 spiro atoms. The summed E-state index contributed by atoms with van der Waals surface area (Å²) in [6.07, 6.45) is 0. The summed E-state index contributed by atoms with van der Waals surface area (Å²) in [4.78, 5) is 10.5. The van der Waals surface area contributed by atoms with Crippen molar-refractivity contribution in [1.29, 1.82) is 0 Å². The van der Waals surface area contributed by atoms with Crippen molar-refractivity contribution >= 4 is 5.91 Å². The molecule has 7 heteroatoms. The van der Waals surface area contributed by atoms with E-state index in [0.717, 1.165) is 7.11 Å². The van der Waals surface area contributed by atoms with E-state index < -0.39 is 40.5 Å². The summed E-state index contributed by atoms with van der Waals surface area (Å²) in [6.45, 7) is 0. The quantitative estimate of drug-likeness (QED) is 0.607. The Morgan fingerprint density at radius 3 is 1.73 bits per heavy atom. The van der Waals surface area contributed by atoms with E-state index in [1.54, 1.807) is 0 Å². The topological polar surface area (TPSA) is 52.3 Å². The van der Waals surface area contributed by atoms with E-state index in [0.29, 0.717) is 0 Å². The van der Waals surface area contributed by atoms with Crippen LogP contribution in [0.15, 0.2) is 0 Å². The van der Waals surface area contributed by atoms with Gasteiger partial charge in [0.05, 0.1) is 7.11 Å². The first-order valence-corrected chi connectivity index (χ1v) is 3.61. The fourth-order valence-corrected chi connectivity index (χ4v) is 1.01. The van der Waals surface area contributed by atoms with Crippen LogP contribution in [0.25, 0.3) is 0 Å². The van der Waals surface area contributed by atoms with Crippen molar-refractivity contribution in [3.8, 4) is 5.75 Å². The third-order valence-electron chi connectivity index (χ3n) is 1.67. The Morgan fingerprint density at radius 1 is 1.07 bits per heavy atom. The van der Waals surface area contributed by atoms with Gasteiger partial charge in [-0.3, -0.25) is 4.79 Å². The molecule has 2 N–H and O–H groups in total. The van der Waals surface area contributed by atoms with E-state index in [1.165, 1.54) is 0 Å². The molecule has 0 atom stereocenters. The Balaban J connectivity index is 3.66. The SMILES string of the molecule is COc1c(F)c(F)c(C(N)=O)c(F)c1F. The number of amides is 1. The number of benzene rings is 1. The molecule has 0 aliphatic rings. The van der Waals surface area contributed by atoms with Crippen LogP contribution in [0.4, 0.5) is 17.6 Å². The third-order valence-corrected chi connectivity index (χ3v) is 1.67. The zero-order valence-electron chi connectivity index (χ0n) is 7.41. The van der Waals surface area contributed by atoms with Gasteiger partial charge in [0.1, 0.15) is 5.56 Å². The lowest BCUT2D eigenvalue weighted by Crippen LogP contribution is -2.18. The molecule has 1 amide bonds. The maximum absolute atomic E-state index is 13.0. The fraction of sp³-hybridized carbons (Fsp3) is 0.125. The lowest BCUT2D eigenvalue weighted by molar-refractivity contribution is 0.0989. The number of carbonyl (C=O) groups excluding carboxylic acids is 1. The van der Waals surface area contributed by atoms with Gasteiger partial charge < -0.3 is 10.5 Å². The monoisotopic (exact) mass is 223 g/mol. The van der Waals surface area contributed by atoms with Gasteiger partial charge in [0.15, 0.2) is 17.4 Å². The number of ether oxygens (including phenoxy) is 1. The standard InChI is InChI=1S/C8H5F4NO2/c1-15-7-5(11)3(9)2(8(13)14)4(10)6(7)12/h1H3,(H2,13,14). The molecule has 15 heavy (non-hydrogen) atoms. The zero-order chi connectivity index (χ0) is 11.7. The van der Waals surface area contributed by atoms with Gasteiger partial charge in [-0.1, -0.05) is 0 Å². The van der Waals surface area contributed by atoms with E-state index in [4.69, 9.17) is 0 Å². The summed E-state index contributed by atoms with van der Waals surface area (Å²) in [6, 6.07) is 0. The number of carbonyl (C=O) groups is 1. The molecular weight excluding hydrogens is 218 g/mol. The van der Waals surface area contributed by atoms with Crippen molar-refractivity contribution in [3.05, 3.63) is 28.8 Å². The number of methoxy groups -OCH3 is 1. The van der Waals surface area contributed by atoms with Crippen LogP contribution in [0.2, 0.25) is 0 Å². The number of nitrogens with two attached hydrogens (primary N) is 1. The smallest absolute Gasteiger partial charge is 0.254 e. The Morgan fingerprint density at radius 2 is 1.47 bits per heavy atom. The first-order chi connectivity index (χ1) is 6.91. The summed E-state index contributed by atoms with van der Waals surface area (Å²) < 4.78 is 55.9. The Labute approximate surface area is 81.4 Å². The minimum absolute atomic E-state index is 0.824. The van der Waals surface area contributed by atoms with E-state index in [-0.39, 0.29) is 0 Å². The average molecular weight is 223 g/mol. The average Bonchev–Trinajstić information content (AvgIpc) is 2.16. The molecule has 3 nitrogen and oxygen atoms in total. The molecule has 0 saturated carbocycles. The van der Waals surface area contributed by atoms with Crippen molar-refractivity contribution in [1.82, 2.24) is 0 Å². The lowest BCUT2D eigenvalue weighted by Gasteiger charge is -2.08. The number of halogens is 4. The largest absolute Gasteiger partial charge is 0.491 e. The predicted molar refractivity (Wildman–Crippen MR) is 41.3 cm³/mol. The van der Waals surface area contributed by atoms with Crippen LogP contribution in [-0.4, -0.2) is 13.0 Å². The summed E-state index contributed by atoms with van der Waals surface area (Å²) in [5, 5.41) is 0. The van der Waals surface area contributed by atoms with Crippen molar-refractivity contribution in [3.63, 3.8) is 0 Å². The second-order valence-electron chi connectivity index (χ2n) is 2.53. The van der Waals surface area contributed by atoms with Crippen LogP contribution in [0.5, 0.6) is 5.75 Å². The minimum Gasteiger partial charge on any atom is -0.491 e. The highest BCUT2D eigenvalue weighted by Crippen LogP contribution is 2.29. The highest BCUT2D eigenvalue weighted by atomic mass is 19.2. The first-order valence-electron chi connectivity index (χ1n) is 3.61. The number of rotatable bonds is 2. The van der Waals surface area contributed by atoms with Gasteiger partial charge in [-0.15, -0.1) is 0 Å². The fourth-order valence-electron chi connectivity index (χ4n) is 1.01. The van der Waals surface area contributed by atoms with E-state index in [2.05, 4.69) is 10.5 Å². The Hall–Kier alpha value is -1.79. The molecule has 0 unspecified atom stereocenters. The van der Waals surface area contributed by atoms with Crippen LogP contribution in [0.3, 0.4) is 0 Å². The number of primary amides is 1. The van der Waals surface area contributed by atoms with Crippen molar-refractivity contribution < 1.29 is 27.1 Å². The van der Waals surface area contributed by atoms with Crippen molar-refractivity contribution in [2.75, 3.05) is 7.11 Å². The maximum atomic E-state index is 13.0. The highest BCUT2D eigenvalue weighted by molar-refractivity contribution is 5.93. The summed E-state index contributed by atoms with van der Waals surface area (Å²) in [7, 11) is 0.824. The third kappa shape index (κ3) is 1.60. The van der Waals surface area contributed by atoms with Crippen LogP contribution in [0, 0.1) is 23.3 Å². The molecule has 0 radical (unpaired) electrons. The second kappa shape index (κ2) is 3.76. The van der Waals surface area contributed by atoms with E-state index in [1.807, 2.05) is 0 Å². The second-order valence-corrected chi connectivity index (χ2v) is 2.53. The molecule has 0 saturated heterocycles. The lowest BCUT2D eigenvalue weighted by atomic mass is 10.1. The molecule has 82 valence electrons. The van der Waals surface area contributed by atoms with Gasteiger partial charge in [0.25, 0.3) is 5.91 Å². The zero-order valence-corrected chi connectivity index (χ0v) is 7.41. The number of hydrogen-bond donors (Lipinski definition) is 1. The number of hydrogen-bond acceptors (Lipinski definition) is 2. The van der Waals surface area contributed by atoms with Gasteiger partial charge in [-0.25, -0.2) is 8.78 Å². The van der Waals surface area contributed by atoms with Crippen LogP contribution >= 0.6 is 0 Å². The van der Waals surface area contributed by atoms with Gasteiger partial charge in [0.2, 0.25) is 11.6 Å². The highest BCUT2D eigenvalue weighted by Gasteiger charge is 2.28. The normalized spacial score (nSPS) is 10.2. The predicted octanol–water partition coefficient (Wildman–Crippen LogP) is 1.35. The van der Waals surface area contributed by atoms with Crippen molar-refractivity contribution in [2.24, 2.45) is 5.73 Å². The molecule has 0 bridgehead atoms.